The van der Waals surface area contributed by atoms with Crippen LogP contribution in [0.2, 0.25) is 0 Å². The SMILES string of the molecule is CC(=O)OCC(=O)[C@@]1(O)CC[C@H]2[C@@H]3C[C@H](Cl)C4=CC(=O)C=C[C@]4(C)[C@H]3C(=O)C[C@@]21C. The summed E-state index contributed by atoms with van der Waals surface area (Å²) in [4.78, 5) is 49.4. The maximum absolute atomic E-state index is 13.5. The summed E-state index contributed by atoms with van der Waals surface area (Å²) in [5.41, 5.74) is -2.51. The molecule has 0 spiro atoms. The highest BCUT2D eigenvalue weighted by atomic mass is 35.5. The third kappa shape index (κ3) is 2.79. The van der Waals surface area contributed by atoms with Crippen molar-refractivity contribution in [2.24, 2.45) is 28.6 Å². The first-order valence-corrected chi connectivity index (χ1v) is 10.9. The number of fused-ring (bicyclic) bond motifs is 5. The van der Waals surface area contributed by atoms with Gasteiger partial charge in [0.15, 0.2) is 12.4 Å². The van der Waals surface area contributed by atoms with Crippen LogP contribution in [0.1, 0.15) is 46.5 Å². The molecule has 30 heavy (non-hydrogen) atoms. The van der Waals surface area contributed by atoms with E-state index >= 15 is 0 Å². The van der Waals surface area contributed by atoms with Crippen LogP contribution in [0, 0.1) is 28.6 Å². The van der Waals surface area contributed by atoms with Crippen LogP contribution in [0.3, 0.4) is 0 Å². The number of carbonyl (C=O) groups excluding carboxylic acids is 4. The fraction of sp³-hybridized carbons (Fsp3) is 0.652. The molecule has 0 aromatic carbocycles. The summed E-state index contributed by atoms with van der Waals surface area (Å²) < 4.78 is 4.85. The smallest absolute Gasteiger partial charge is 0.303 e. The van der Waals surface area contributed by atoms with Gasteiger partial charge in [0.1, 0.15) is 11.4 Å². The summed E-state index contributed by atoms with van der Waals surface area (Å²) in [5, 5.41) is 11.1. The summed E-state index contributed by atoms with van der Waals surface area (Å²) in [5.74, 6) is -1.79. The predicted octanol–water partition coefficient (Wildman–Crippen LogP) is 2.55. The molecule has 0 amide bonds. The lowest BCUT2D eigenvalue weighted by molar-refractivity contribution is -0.172. The largest absolute Gasteiger partial charge is 0.458 e. The molecule has 1 N–H and O–H groups in total. The van der Waals surface area contributed by atoms with Gasteiger partial charge in [-0.1, -0.05) is 19.9 Å². The Bertz CT molecular complexity index is 905. The molecule has 0 aromatic rings. The van der Waals surface area contributed by atoms with E-state index in [9.17, 15) is 24.3 Å². The van der Waals surface area contributed by atoms with Crippen molar-refractivity contribution in [1.29, 1.82) is 0 Å². The zero-order chi connectivity index (χ0) is 22.1. The Kier molecular flexibility index (Phi) is 4.90. The number of ketones is 3. The Balaban J connectivity index is 1.71. The lowest BCUT2D eigenvalue weighted by Crippen LogP contribution is -2.61. The number of allylic oxidation sites excluding steroid dienone is 4. The van der Waals surface area contributed by atoms with Gasteiger partial charge in [0.25, 0.3) is 0 Å². The molecule has 4 aliphatic rings. The highest BCUT2D eigenvalue weighted by Crippen LogP contribution is 2.66. The molecule has 0 bridgehead atoms. The minimum atomic E-state index is -1.72. The van der Waals surface area contributed by atoms with Crippen molar-refractivity contribution in [1.82, 2.24) is 0 Å². The molecular weight excluding hydrogens is 408 g/mol. The second kappa shape index (κ2) is 6.86. The van der Waals surface area contributed by atoms with Crippen LogP contribution in [0.15, 0.2) is 23.8 Å². The van der Waals surface area contributed by atoms with Crippen LogP contribution >= 0.6 is 11.6 Å². The molecule has 0 aromatic heterocycles. The number of hydrogen-bond acceptors (Lipinski definition) is 6. The zero-order valence-electron chi connectivity index (χ0n) is 17.4. The standard InChI is InChI=1S/C23H27ClO6/c1-12(25)30-11-19(28)23(29)7-5-15-14-9-17(24)16-8-13(26)4-6-21(16,2)20(14)18(27)10-22(15,23)3/h4,6,8,14-15,17,20,29H,5,7,9-11H2,1-3H3/t14-,15-,17-,20+,21-,22-,23-/m0/s1. The fourth-order valence-electron chi connectivity index (χ4n) is 6.79. The Morgan fingerprint density at radius 2 is 2.00 bits per heavy atom. The predicted molar refractivity (Wildman–Crippen MR) is 109 cm³/mol. The number of esters is 1. The van der Waals surface area contributed by atoms with Gasteiger partial charge >= 0.3 is 5.97 Å². The summed E-state index contributed by atoms with van der Waals surface area (Å²) in [6, 6.07) is 0. The first-order valence-electron chi connectivity index (χ1n) is 10.4. The van der Waals surface area contributed by atoms with Gasteiger partial charge in [0, 0.05) is 30.1 Å². The number of halogens is 1. The fourth-order valence-corrected chi connectivity index (χ4v) is 7.30. The topological polar surface area (TPSA) is 97.7 Å². The van der Waals surface area contributed by atoms with E-state index < -0.39 is 34.8 Å². The van der Waals surface area contributed by atoms with Crippen molar-refractivity contribution in [3.8, 4) is 0 Å². The Morgan fingerprint density at radius 3 is 2.67 bits per heavy atom. The van der Waals surface area contributed by atoms with E-state index in [4.69, 9.17) is 16.3 Å². The van der Waals surface area contributed by atoms with Crippen molar-refractivity contribution in [2.75, 3.05) is 6.61 Å². The first kappa shape index (κ1) is 21.4. The van der Waals surface area contributed by atoms with Crippen LogP contribution in [-0.2, 0) is 23.9 Å². The molecule has 6 nitrogen and oxygen atoms in total. The van der Waals surface area contributed by atoms with E-state index in [0.717, 1.165) is 5.57 Å². The van der Waals surface area contributed by atoms with Gasteiger partial charge in [-0.05, 0) is 48.8 Å². The number of alkyl halides is 1. The van der Waals surface area contributed by atoms with Crippen molar-refractivity contribution in [2.45, 2.75) is 57.4 Å². The van der Waals surface area contributed by atoms with Crippen LogP contribution in [-0.4, -0.2) is 46.0 Å². The van der Waals surface area contributed by atoms with E-state index in [-0.39, 0.29) is 47.5 Å². The molecule has 162 valence electrons. The average Bonchev–Trinajstić information content (AvgIpc) is 2.93. The highest BCUT2D eigenvalue weighted by molar-refractivity contribution is 6.23. The third-order valence-corrected chi connectivity index (χ3v) is 8.67. The number of rotatable bonds is 3. The number of Topliss-reactive ketones (excluding diaryl/α,β-unsaturated/α-hetero) is 2. The quantitative estimate of drug-likeness (QED) is 0.541. The van der Waals surface area contributed by atoms with Crippen molar-refractivity contribution in [3.05, 3.63) is 23.8 Å². The maximum atomic E-state index is 13.5. The molecule has 0 unspecified atom stereocenters. The van der Waals surface area contributed by atoms with Gasteiger partial charge in [-0.15, -0.1) is 11.6 Å². The second-order valence-electron chi connectivity index (χ2n) is 9.73. The van der Waals surface area contributed by atoms with Gasteiger partial charge in [-0.25, -0.2) is 0 Å². The minimum Gasteiger partial charge on any atom is -0.458 e. The van der Waals surface area contributed by atoms with Crippen molar-refractivity contribution in [3.63, 3.8) is 0 Å². The summed E-state index contributed by atoms with van der Waals surface area (Å²) in [7, 11) is 0. The molecule has 3 saturated carbocycles. The van der Waals surface area contributed by atoms with Crippen LogP contribution < -0.4 is 0 Å². The van der Waals surface area contributed by atoms with Gasteiger partial charge in [0.05, 0.1) is 5.38 Å². The average molecular weight is 435 g/mol. The lowest BCUT2D eigenvalue weighted by Gasteiger charge is -2.57. The molecule has 0 saturated heterocycles. The number of ether oxygens (including phenoxy) is 1. The van der Waals surface area contributed by atoms with Crippen molar-refractivity contribution >= 4 is 34.9 Å². The molecular formula is C23H27ClO6. The Labute approximate surface area is 180 Å². The zero-order valence-corrected chi connectivity index (χ0v) is 18.2. The van der Waals surface area contributed by atoms with Crippen LogP contribution in [0.4, 0.5) is 0 Å². The van der Waals surface area contributed by atoms with Crippen molar-refractivity contribution < 1.29 is 29.0 Å². The molecule has 7 heteroatoms. The lowest BCUT2D eigenvalue weighted by atomic mass is 9.46. The molecule has 0 heterocycles. The normalized spacial score (nSPS) is 44.6. The van der Waals surface area contributed by atoms with E-state index in [1.54, 1.807) is 6.08 Å². The van der Waals surface area contributed by atoms with E-state index in [0.29, 0.717) is 12.8 Å². The minimum absolute atomic E-state index is 0.0182. The molecule has 4 aliphatic carbocycles. The monoisotopic (exact) mass is 434 g/mol. The van der Waals surface area contributed by atoms with Gasteiger partial charge in [-0.2, -0.15) is 0 Å². The second-order valence-corrected chi connectivity index (χ2v) is 10.3. The Hall–Kier alpha value is -1.79. The van der Waals surface area contributed by atoms with E-state index in [2.05, 4.69) is 0 Å². The summed E-state index contributed by atoms with van der Waals surface area (Å²) in [6.07, 6.45) is 6.28. The number of aliphatic hydroxyl groups is 1. The summed E-state index contributed by atoms with van der Waals surface area (Å²) >= 11 is 6.71. The molecule has 0 radical (unpaired) electrons. The molecule has 4 rings (SSSR count). The van der Waals surface area contributed by atoms with Gasteiger partial charge < -0.3 is 9.84 Å². The third-order valence-electron chi connectivity index (χ3n) is 8.26. The summed E-state index contributed by atoms with van der Waals surface area (Å²) in [6.45, 7) is 4.48. The number of carbonyl (C=O) groups is 4. The van der Waals surface area contributed by atoms with Crippen LogP contribution in [0.25, 0.3) is 0 Å². The van der Waals surface area contributed by atoms with Gasteiger partial charge in [-0.3, -0.25) is 19.2 Å². The van der Waals surface area contributed by atoms with Crippen LogP contribution in [0.5, 0.6) is 0 Å². The number of hydrogen-bond donors (Lipinski definition) is 1. The van der Waals surface area contributed by atoms with E-state index in [1.165, 1.54) is 13.0 Å². The Morgan fingerprint density at radius 1 is 1.30 bits per heavy atom. The highest BCUT2D eigenvalue weighted by Gasteiger charge is 2.69. The molecule has 0 aliphatic heterocycles. The van der Waals surface area contributed by atoms with Gasteiger partial charge in [0.2, 0.25) is 5.78 Å². The molecule has 3 fully saturated rings. The first-order chi connectivity index (χ1) is 13.9. The molecule has 7 atom stereocenters. The van der Waals surface area contributed by atoms with E-state index in [1.807, 2.05) is 19.9 Å². The maximum Gasteiger partial charge on any atom is 0.303 e.